The highest BCUT2D eigenvalue weighted by Gasteiger charge is 2.13. The van der Waals surface area contributed by atoms with Crippen LogP contribution in [0.15, 0.2) is 45.3 Å². The summed E-state index contributed by atoms with van der Waals surface area (Å²) in [5.74, 6) is -1.04. The molecule has 3 nitrogen and oxygen atoms in total. The highest BCUT2D eigenvalue weighted by molar-refractivity contribution is 9.11. The van der Waals surface area contributed by atoms with Crippen LogP contribution in [0.4, 0.5) is 5.69 Å². The van der Waals surface area contributed by atoms with E-state index in [-0.39, 0.29) is 16.6 Å². The van der Waals surface area contributed by atoms with Crippen LogP contribution in [0.3, 0.4) is 0 Å². The van der Waals surface area contributed by atoms with E-state index in [9.17, 15) is 4.79 Å². The Morgan fingerprint density at radius 3 is 2.57 bits per heavy atom. The molecule has 0 aromatic heterocycles. The van der Waals surface area contributed by atoms with E-state index in [0.29, 0.717) is 5.69 Å². The van der Waals surface area contributed by atoms with Crippen molar-refractivity contribution in [3.63, 3.8) is 0 Å². The predicted octanol–water partition coefficient (Wildman–Crippen LogP) is 5.74. The molecule has 110 valence electrons. The molecular weight excluding hydrogens is 421 g/mol. The van der Waals surface area contributed by atoms with Crippen molar-refractivity contribution in [2.45, 2.75) is 13.0 Å². The number of rotatable bonds is 4. The molecule has 2 aromatic rings. The Bertz CT molecular complexity index is 691. The summed E-state index contributed by atoms with van der Waals surface area (Å²) in [6, 6.07) is 10.8. The minimum absolute atomic E-state index is 0.00953. The van der Waals surface area contributed by atoms with Crippen molar-refractivity contribution in [1.82, 2.24) is 0 Å². The van der Waals surface area contributed by atoms with E-state index in [2.05, 4.69) is 37.2 Å². The van der Waals surface area contributed by atoms with Gasteiger partial charge in [-0.15, -0.1) is 0 Å². The van der Waals surface area contributed by atoms with Crippen LogP contribution in [0.25, 0.3) is 0 Å². The first-order valence-corrected chi connectivity index (χ1v) is 8.09. The van der Waals surface area contributed by atoms with Gasteiger partial charge < -0.3 is 10.4 Å². The van der Waals surface area contributed by atoms with Gasteiger partial charge in [-0.05, 0) is 42.8 Å². The smallest absolute Gasteiger partial charge is 0.337 e. The van der Waals surface area contributed by atoms with E-state index in [0.717, 1.165) is 14.5 Å². The molecule has 2 rings (SSSR count). The zero-order valence-corrected chi connectivity index (χ0v) is 15.0. The van der Waals surface area contributed by atoms with Crippen LogP contribution >= 0.6 is 43.5 Å². The Morgan fingerprint density at radius 2 is 1.95 bits per heavy atom. The van der Waals surface area contributed by atoms with Gasteiger partial charge in [0.25, 0.3) is 0 Å². The summed E-state index contributed by atoms with van der Waals surface area (Å²) in [5.41, 5.74) is 1.87. The fourth-order valence-corrected chi connectivity index (χ4v) is 3.55. The molecule has 0 bridgehead atoms. The fourth-order valence-electron chi connectivity index (χ4n) is 1.96. The lowest BCUT2D eigenvalue weighted by Gasteiger charge is -2.18. The highest BCUT2D eigenvalue weighted by atomic mass is 79.9. The molecule has 6 heteroatoms. The SMILES string of the molecule is CC(Nc1ccc(Cl)c(C(=O)O)c1)c1ccc(Br)cc1Br. The predicted molar refractivity (Wildman–Crippen MR) is 92.3 cm³/mol. The number of benzene rings is 2. The van der Waals surface area contributed by atoms with E-state index in [4.69, 9.17) is 16.7 Å². The number of carboxylic acids is 1. The fraction of sp³-hybridized carbons (Fsp3) is 0.133. The minimum Gasteiger partial charge on any atom is -0.478 e. The van der Waals surface area contributed by atoms with Crippen molar-refractivity contribution in [3.8, 4) is 0 Å². The van der Waals surface area contributed by atoms with Crippen LogP contribution in [-0.2, 0) is 0 Å². The zero-order chi connectivity index (χ0) is 15.6. The van der Waals surface area contributed by atoms with Crippen molar-refractivity contribution in [2.75, 3.05) is 5.32 Å². The lowest BCUT2D eigenvalue weighted by molar-refractivity contribution is 0.0697. The van der Waals surface area contributed by atoms with Crippen molar-refractivity contribution < 1.29 is 9.90 Å². The van der Waals surface area contributed by atoms with Crippen LogP contribution in [0.2, 0.25) is 5.02 Å². The molecule has 1 atom stereocenters. The molecule has 2 aromatic carbocycles. The number of halogens is 3. The summed E-state index contributed by atoms with van der Waals surface area (Å²) in [6.07, 6.45) is 0. The first-order valence-electron chi connectivity index (χ1n) is 6.13. The van der Waals surface area contributed by atoms with Crippen LogP contribution in [0.1, 0.15) is 28.9 Å². The average Bonchev–Trinajstić information content (AvgIpc) is 2.40. The highest BCUT2D eigenvalue weighted by Crippen LogP contribution is 2.30. The monoisotopic (exact) mass is 431 g/mol. The third-order valence-corrected chi connectivity index (χ3v) is 4.52. The van der Waals surface area contributed by atoms with E-state index in [1.807, 2.05) is 25.1 Å². The van der Waals surface area contributed by atoms with Gasteiger partial charge in [0.05, 0.1) is 10.6 Å². The van der Waals surface area contributed by atoms with E-state index < -0.39 is 5.97 Å². The summed E-state index contributed by atoms with van der Waals surface area (Å²) < 4.78 is 1.97. The van der Waals surface area contributed by atoms with Gasteiger partial charge in [-0.2, -0.15) is 0 Å². The minimum atomic E-state index is -1.04. The molecule has 1 unspecified atom stereocenters. The summed E-state index contributed by atoms with van der Waals surface area (Å²) in [7, 11) is 0. The Labute approximate surface area is 144 Å². The number of aromatic carboxylic acids is 1. The second-order valence-corrected chi connectivity index (χ2v) is 6.71. The van der Waals surface area contributed by atoms with Gasteiger partial charge >= 0.3 is 5.97 Å². The van der Waals surface area contributed by atoms with Crippen LogP contribution in [0.5, 0.6) is 0 Å². The van der Waals surface area contributed by atoms with Crippen molar-refractivity contribution in [1.29, 1.82) is 0 Å². The molecule has 2 N–H and O–H groups in total. The molecule has 0 radical (unpaired) electrons. The van der Waals surface area contributed by atoms with Gasteiger partial charge in [0, 0.05) is 20.7 Å². The normalized spacial score (nSPS) is 12.0. The maximum atomic E-state index is 11.1. The van der Waals surface area contributed by atoms with Crippen molar-refractivity contribution in [2.24, 2.45) is 0 Å². The third-order valence-electron chi connectivity index (χ3n) is 3.01. The van der Waals surface area contributed by atoms with Gasteiger partial charge in [-0.3, -0.25) is 0 Å². The lowest BCUT2D eigenvalue weighted by atomic mass is 10.1. The number of nitrogens with one attached hydrogen (secondary N) is 1. The van der Waals surface area contributed by atoms with E-state index in [1.54, 1.807) is 12.1 Å². The Morgan fingerprint density at radius 1 is 1.24 bits per heavy atom. The largest absolute Gasteiger partial charge is 0.478 e. The first kappa shape index (κ1) is 16.3. The van der Waals surface area contributed by atoms with Crippen LogP contribution < -0.4 is 5.32 Å². The standard InChI is InChI=1S/C15H12Br2ClNO2/c1-8(11-4-2-9(16)6-13(11)17)19-10-3-5-14(18)12(7-10)15(20)21/h2-8,19H,1H3,(H,20,21). The molecule has 0 saturated carbocycles. The Balaban J connectivity index is 2.25. The van der Waals surface area contributed by atoms with Crippen LogP contribution in [0, 0.1) is 0 Å². The molecule has 0 amide bonds. The molecule has 0 heterocycles. The van der Waals surface area contributed by atoms with Crippen LogP contribution in [-0.4, -0.2) is 11.1 Å². The van der Waals surface area contributed by atoms with Crippen molar-refractivity contribution in [3.05, 3.63) is 61.5 Å². The molecule has 0 aliphatic heterocycles. The maximum absolute atomic E-state index is 11.1. The Kier molecular flexibility index (Phi) is 5.30. The van der Waals surface area contributed by atoms with Gasteiger partial charge in [0.15, 0.2) is 0 Å². The summed E-state index contributed by atoms with van der Waals surface area (Å²) >= 11 is 12.8. The summed E-state index contributed by atoms with van der Waals surface area (Å²) in [4.78, 5) is 11.1. The second-order valence-electron chi connectivity index (χ2n) is 4.53. The van der Waals surface area contributed by atoms with E-state index >= 15 is 0 Å². The molecule has 0 fully saturated rings. The number of hydrogen-bond acceptors (Lipinski definition) is 2. The molecule has 0 spiro atoms. The molecule has 0 aliphatic rings. The number of carboxylic acid groups (broad SMARTS) is 1. The van der Waals surface area contributed by atoms with E-state index in [1.165, 1.54) is 6.07 Å². The van der Waals surface area contributed by atoms with Gasteiger partial charge in [-0.1, -0.05) is 49.5 Å². The van der Waals surface area contributed by atoms with Gasteiger partial charge in [0.2, 0.25) is 0 Å². The second kappa shape index (κ2) is 6.81. The maximum Gasteiger partial charge on any atom is 0.337 e. The number of hydrogen-bond donors (Lipinski definition) is 2. The van der Waals surface area contributed by atoms with Gasteiger partial charge in [-0.25, -0.2) is 4.79 Å². The lowest BCUT2D eigenvalue weighted by Crippen LogP contribution is -2.08. The molecule has 21 heavy (non-hydrogen) atoms. The first-order chi connectivity index (χ1) is 9.88. The molecule has 0 saturated heterocycles. The quantitative estimate of drug-likeness (QED) is 0.647. The topological polar surface area (TPSA) is 49.3 Å². The summed E-state index contributed by atoms with van der Waals surface area (Å²) in [6.45, 7) is 2.00. The average molecular weight is 434 g/mol. The molecule has 0 aliphatic carbocycles. The number of carbonyl (C=O) groups is 1. The summed E-state index contributed by atoms with van der Waals surface area (Å²) in [5, 5.41) is 12.6. The number of anilines is 1. The van der Waals surface area contributed by atoms with Crippen molar-refractivity contribution >= 4 is 55.1 Å². The van der Waals surface area contributed by atoms with Gasteiger partial charge in [0.1, 0.15) is 0 Å². The third kappa shape index (κ3) is 3.99. The zero-order valence-electron chi connectivity index (χ0n) is 11.0. The Hall–Kier alpha value is -1.04. The molecular formula is C15H12Br2ClNO2.